The minimum atomic E-state index is -0.524. The number of nitrogens with one attached hydrogen (secondary N) is 1. The monoisotopic (exact) mass is 365 g/mol. The average molecular weight is 365 g/mol. The summed E-state index contributed by atoms with van der Waals surface area (Å²) in [6.07, 6.45) is 1.99. The van der Waals surface area contributed by atoms with Gasteiger partial charge in [-0.15, -0.1) is 0 Å². The summed E-state index contributed by atoms with van der Waals surface area (Å²) in [5.41, 5.74) is 0.530. The summed E-state index contributed by atoms with van der Waals surface area (Å²) in [5.74, 6) is 0.628. The van der Waals surface area contributed by atoms with Gasteiger partial charge in [0.05, 0.1) is 5.69 Å². The predicted octanol–water partition coefficient (Wildman–Crippen LogP) is 3.31. The number of nitrogens with zero attached hydrogens (tertiary/aromatic N) is 2. The first kappa shape index (κ1) is 20.3. The molecule has 0 radical (unpaired) electrons. The van der Waals surface area contributed by atoms with E-state index >= 15 is 0 Å². The van der Waals surface area contributed by atoms with Crippen LogP contribution in [0.15, 0.2) is 4.52 Å². The third-order valence-corrected chi connectivity index (χ3v) is 4.53. The van der Waals surface area contributed by atoms with Crippen molar-refractivity contribution in [3.05, 3.63) is 17.0 Å². The lowest BCUT2D eigenvalue weighted by Crippen LogP contribution is -2.41. The number of amides is 2. The number of carbonyl (C=O) groups is 2. The van der Waals surface area contributed by atoms with E-state index in [1.165, 1.54) is 0 Å². The van der Waals surface area contributed by atoms with Gasteiger partial charge in [-0.1, -0.05) is 19.0 Å². The molecular weight excluding hydrogens is 334 g/mol. The van der Waals surface area contributed by atoms with Crippen LogP contribution in [0.5, 0.6) is 0 Å². The molecule has 2 heterocycles. The van der Waals surface area contributed by atoms with E-state index in [-0.39, 0.29) is 11.3 Å². The van der Waals surface area contributed by atoms with E-state index in [4.69, 9.17) is 9.26 Å². The minimum absolute atomic E-state index is 0.0341. The number of carbonyl (C=O) groups excluding carboxylic acids is 2. The van der Waals surface area contributed by atoms with Gasteiger partial charge >= 0.3 is 6.09 Å². The summed E-state index contributed by atoms with van der Waals surface area (Å²) in [5, 5.41) is 6.79. The fraction of sp³-hybridized carbons (Fsp3) is 0.737. The molecule has 1 aliphatic heterocycles. The van der Waals surface area contributed by atoms with E-state index in [1.54, 1.807) is 6.92 Å². The van der Waals surface area contributed by atoms with Crippen molar-refractivity contribution in [3.8, 4) is 0 Å². The molecular formula is C19H31N3O4. The zero-order valence-electron chi connectivity index (χ0n) is 16.8. The maximum atomic E-state index is 13.0. The van der Waals surface area contributed by atoms with Crippen LogP contribution in [-0.4, -0.2) is 47.3 Å². The number of ether oxygens (including phenoxy) is 1. The van der Waals surface area contributed by atoms with Gasteiger partial charge in [0.2, 0.25) is 0 Å². The summed E-state index contributed by atoms with van der Waals surface area (Å²) in [7, 11) is 0. The Balaban J connectivity index is 1.98. The largest absolute Gasteiger partial charge is 0.444 e. The standard InChI is InChI=1S/C19H31N3O4/c1-7-8-14-15(13(2)21-26-14)16(23)22-10-9-19(6,12-22)11-20-17(24)25-18(3,4)5/h7-12H2,1-6H3,(H,20,24)/t19-/m1/s1. The average Bonchev–Trinajstić information content (AvgIpc) is 3.08. The maximum Gasteiger partial charge on any atom is 0.407 e. The van der Waals surface area contributed by atoms with Crippen LogP contribution < -0.4 is 5.32 Å². The lowest BCUT2D eigenvalue weighted by molar-refractivity contribution is 0.0504. The van der Waals surface area contributed by atoms with Crippen molar-refractivity contribution < 1.29 is 18.8 Å². The first-order valence-electron chi connectivity index (χ1n) is 9.26. The number of aromatic nitrogens is 1. The number of hydrogen-bond acceptors (Lipinski definition) is 5. The van der Waals surface area contributed by atoms with Crippen molar-refractivity contribution >= 4 is 12.0 Å². The predicted molar refractivity (Wildman–Crippen MR) is 98.1 cm³/mol. The van der Waals surface area contributed by atoms with Crippen LogP contribution in [0.1, 0.15) is 69.3 Å². The maximum absolute atomic E-state index is 13.0. The van der Waals surface area contributed by atoms with E-state index < -0.39 is 11.7 Å². The molecule has 0 bridgehead atoms. The lowest BCUT2D eigenvalue weighted by atomic mass is 9.90. The molecule has 26 heavy (non-hydrogen) atoms. The van der Waals surface area contributed by atoms with Gasteiger partial charge < -0.3 is 19.5 Å². The molecule has 146 valence electrons. The SMILES string of the molecule is CCCc1onc(C)c1C(=O)N1CC[C@](C)(CNC(=O)OC(C)(C)C)C1. The quantitative estimate of drug-likeness (QED) is 0.865. The molecule has 1 N–H and O–H groups in total. The third-order valence-electron chi connectivity index (χ3n) is 4.53. The van der Waals surface area contributed by atoms with Crippen molar-refractivity contribution in [3.63, 3.8) is 0 Å². The van der Waals surface area contributed by atoms with E-state index in [1.807, 2.05) is 32.6 Å². The van der Waals surface area contributed by atoms with Crippen LogP contribution in [0.25, 0.3) is 0 Å². The van der Waals surface area contributed by atoms with Crippen LogP contribution in [0.2, 0.25) is 0 Å². The van der Waals surface area contributed by atoms with Gasteiger partial charge in [0.25, 0.3) is 5.91 Å². The number of alkyl carbamates (subject to hydrolysis) is 1. The molecule has 1 saturated heterocycles. The molecule has 0 aromatic carbocycles. The third kappa shape index (κ3) is 4.99. The molecule has 2 rings (SSSR count). The molecule has 0 saturated carbocycles. The Morgan fingerprint density at radius 1 is 1.38 bits per heavy atom. The second-order valence-electron chi connectivity index (χ2n) is 8.46. The molecule has 1 aromatic heterocycles. The molecule has 7 nitrogen and oxygen atoms in total. The molecule has 1 atom stereocenters. The highest BCUT2D eigenvalue weighted by Crippen LogP contribution is 2.31. The van der Waals surface area contributed by atoms with Crippen molar-refractivity contribution in [1.29, 1.82) is 0 Å². The van der Waals surface area contributed by atoms with Gasteiger partial charge in [-0.25, -0.2) is 4.79 Å². The first-order chi connectivity index (χ1) is 12.0. The fourth-order valence-corrected chi connectivity index (χ4v) is 3.19. The van der Waals surface area contributed by atoms with Crippen LogP contribution >= 0.6 is 0 Å². The van der Waals surface area contributed by atoms with E-state index in [0.29, 0.717) is 43.1 Å². The van der Waals surface area contributed by atoms with E-state index in [9.17, 15) is 9.59 Å². The Morgan fingerprint density at radius 2 is 2.08 bits per heavy atom. The molecule has 1 aliphatic rings. The van der Waals surface area contributed by atoms with Gasteiger partial charge in [-0.3, -0.25) is 4.79 Å². The summed E-state index contributed by atoms with van der Waals surface area (Å²) in [6, 6.07) is 0. The summed E-state index contributed by atoms with van der Waals surface area (Å²) < 4.78 is 10.6. The van der Waals surface area contributed by atoms with Gasteiger partial charge in [0.1, 0.15) is 16.9 Å². The minimum Gasteiger partial charge on any atom is -0.444 e. The topological polar surface area (TPSA) is 84.7 Å². The highest BCUT2D eigenvalue weighted by atomic mass is 16.6. The van der Waals surface area contributed by atoms with E-state index in [2.05, 4.69) is 17.4 Å². The highest BCUT2D eigenvalue weighted by molar-refractivity contribution is 5.96. The second-order valence-corrected chi connectivity index (χ2v) is 8.46. The lowest BCUT2D eigenvalue weighted by Gasteiger charge is -2.26. The number of likely N-dealkylation sites (tertiary alicyclic amines) is 1. The molecule has 7 heteroatoms. The Morgan fingerprint density at radius 3 is 2.69 bits per heavy atom. The molecule has 1 fully saturated rings. The molecule has 1 aromatic rings. The second kappa shape index (κ2) is 7.68. The molecule has 0 unspecified atom stereocenters. The molecule has 0 aliphatic carbocycles. The summed E-state index contributed by atoms with van der Waals surface area (Å²) in [4.78, 5) is 26.7. The van der Waals surface area contributed by atoms with Gasteiger partial charge in [-0.05, 0) is 40.5 Å². The Hall–Kier alpha value is -2.05. The number of rotatable bonds is 5. The number of aryl methyl sites for hydroxylation is 2. The van der Waals surface area contributed by atoms with Crippen molar-refractivity contribution in [2.75, 3.05) is 19.6 Å². The Kier molecular flexibility index (Phi) is 5.98. The summed E-state index contributed by atoms with van der Waals surface area (Å²) >= 11 is 0. The van der Waals surface area contributed by atoms with Crippen molar-refractivity contribution in [2.24, 2.45) is 5.41 Å². The first-order valence-corrected chi connectivity index (χ1v) is 9.26. The van der Waals surface area contributed by atoms with Gasteiger partial charge in [0.15, 0.2) is 0 Å². The molecule has 2 amide bonds. The fourth-order valence-electron chi connectivity index (χ4n) is 3.19. The van der Waals surface area contributed by atoms with Crippen LogP contribution in [0, 0.1) is 12.3 Å². The zero-order valence-corrected chi connectivity index (χ0v) is 16.8. The normalized spacial score (nSPS) is 20.3. The highest BCUT2D eigenvalue weighted by Gasteiger charge is 2.38. The molecule has 0 spiro atoms. The van der Waals surface area contributed by atoms with Crippen LogP contribution in [0.4, 0.5) is 4.79 Å². The van der Waals surface area contributed by atoms with Crippen LogP contribution in [-0.2, 0) is 11.2 Å². The van der Waals surface area contributed by atoms with Crippen LogP contribution in [0.3, 0.4) is 0 Å². The Bertz CT molecular complexity index is 662. The van der Waals surface area contributed by atoms with Gasteiger partial charge in [-0.2, -0.15) is 0 Å². The van der Waals surface area contributed by atoms with E-state index in [0.717, 1.165) is 12.8 Å². The summed E-state index contributed by atoms with van der Waals surface area (Å²) in [6.45, 7) is 13.1. The zero-order chi connectivity index (χ0) is 19.5. The Labute approximate surface area is 155 Å². The number of hydrogen-bond donors (Lipinski definition) is 1. The smallest absolute Gasteiger partial charge is 0.407 e. The van der Waals surface area contributed by atoms with Crippen molar-refractivity contribution in [2.45, 2.75) is 66.4 Å². The van der Waals surface area contributed by atoms with Gasteiger partial charge in [0, 0.05) is 31.5 Å². The van der Waals surface area contributed by atoms with Crippen molar-refractivity contribution in [1.82, 2.24) is 15.4 Å².